The van der Waals surface area contributed by atoms with E-state index < -0.39 is 0 Å². The van der Waals surface area contributed by atoms with Crippen LogP contribution >= 0.6 is 0 Å². The van der Waals surface area contributed by atoms with Crippen molar-refractivity contribution in [1.29, 1.82) is 0 Å². The highest BCUT2D eigenvalue weighted by molar-refractivity contribution is 5.77. The number of nitrogens with zero attached hydrogens (tertiary/aromatic N) is 3. The molecule has 0 fully saturated rings. The molecule has 0 atom stereocenters. The predicted octanol–water partition coefficient (Wildman–Crippen LogP) is 4.20. The van der Waals surface area contributed by atoms with Crippen LogP contribution in [0.5, 0.6) is 11.5 Å². The molecule has 4 aromatic rings. The summed E-state index contributed by atoms with van der Waals surface area (Å²) >= 11 is 0. The van der Waals surface area contributed by atoms with E-state index in [2.05, 4.69) is 10.3 Å². The van der Waals surface area contributed by atoms with E-state index >= 15 is 0 Å². The number of nitrogens with one attached hydrogen (secondary N) is 1. The van der Waals surface area contributed by atoms with Crippen molar-refractivity contribution in [2.75, 3.05) is 14.2 Å². The maximum atomic E-state index is 12.5. The SMILES string of the molecule is COc1ccc(OC)c(-c2nn(-c3ccccc3)cc2CCC(=O)NCc2ccccn2)c1. The number of amides is 1. The second-order valence-corrected chi connectivity index (χ2v) is 7.45. The maximum absolute atomic E-state index is 12.5. The Hall–Kier alpha value is -4.13. The number of para-hydroxylation sites is 1. The quantitative estimate of drug-likeness (QED) is 0.420. The van der Waals surface area contributed by atoms with Gasteiger partial charge in [-0.1, -0.05) is 24.3 Å². The maximum Gasteiger partial charge on any atom is 0.220 e. The Labute approximate surface area is 193 Å². The first-order valence-corrected chi connectivity index (χ1v) is 10.7. The number of rotatable bonds is 9. The molecule has 168 valence electrons. The fourth-order valence-electron chi connectivity index (χ4n) is 3.56. The van der Waals surface area contributed by atoms with Crippen LogP contribution in [0, 0.1) is 0 Å². The van der Waals surface area contributed by atoms with Crippen molar-refractivity contribution in [2.24, 2.45) is 0 Å². The summed E-state index contributed by atoms with van der Waals surface area (Å²) in [4.78, 5) is 16.8. The van der Waals surface area contributed by atoms with Crippen molar-refractivity contribution in [3.63, 3.8) is 0 Å². The summed E-state index contributed by atoms with van der Waals surface area (Å²) in [5, 5.41) is 7.78. The summed E-state index contributed by atoms with van der Waals surface area (Å²) in [5.74, 6) is 1.35. The van der Waals surface area contributed by atoms with Gasteiger partial charge in [-0.25, -0.2) is 4.68 Å². The normalized spacial score (nSPS) is 10.6. The number of hydrogen-bond donors (Lipinski definition) is 1. The average molecular weight is 443 g/mol. The van der Waals surface area contributed by atoms with Crippen molar-refractivity contribution in [1.82, 2.24) is 20.1 Å². The van der Waals surface area contributed by atoms with Crippen molar-refractivity contribution in [2.45, 2.75) is 19.4 Å². The third-order valence-corrected chi connectivity index (χ3v) is 5.29. The van der Waals surface area contributed by atoms with Crippen LogP contribution in [0.2, 0.25) is 0 Å². The van der Waals surface area contributed by atoms with Crippen LogP contribution < -0.4 is 14.8 Å². The van der Waals surface area contributed by atoms with Crippen LogP contribution in [0.3, 0.4) is 0 Å². The van der Waals surface area contributed by atoms with Gasteiger partial charge in [-0.2, -0.15) is 5.10 Å². The number of methoxy groups -OCH3 is 2. The average Bonchev–Trinajstić information content (AvgIpc) is 3.31. The monoisotopic (exact) mass is 442 g/mol. The summed E-state index contributed by atoms with van der Waals surface area (Å²) in [6, 6.07) is 21.1. The number of pyridine rings is 1. The number of carbonyl (C=O) groups excluding carboxylic acids is 1. The molecule has 7 heteroatoms. The fourth-order valence-corrected chi connectivity index (χ4v) is 3.56. The zero-order valence-electron chi connectivity index (χ0n) is 18.7. The minimum Gasteiger partial charge on any atom is -0.497 e. The molecule has 0 saturated heterocycles. The van der Waals surface area contributed by atoms with Crippen molar-refractivity contribution < 1.29 is 14.3 Å². The van der Waals surface area contributed by atoms with Crippen LogP contribution in [0.15, 0.2) is 79.1 Å². The van der Waals surface area contributed by atoms with Crippen LogP contribution in [-0.4, -0.2) is 34.9 Å². The van der Waals surface area contributed by atoms with Gasteiger partial charge < -0.3 is 14.8 Å². The van der Waals surface area contributed by atoms with Crippen LogP contribution in [0.4, 0.5) is 0 Å². The van der Waals surface area contributed by atoms with Gasteiger partial charge in [0.05, 0.1) is 37.8 Å². The molecule has 0 spiro atoms. The van der Waals surface area contributed by atoms with Gasteiger partial charge >= 0.3 is 0 Å². The van der Waals surface area contributed by atoms with E-state index in [1.165, 1.54) is 0 Å². The van der Waals surface area contributed by atoms with Gasteiger partial charge in [0, 0.05) is 24.4 Å². The molecule has 0 aliphatic carbocycles. The molecule has 0 radical (unpaired) electrons. The fraction of sp³-hybridized carbons (Fsp3) is 0.192. The van der Waals surface area contributed by atoms with Gasteiger partial charge in [-0.3, -0.25) is 9.78 Å². The van der Waals surface area contributed by atoms with E-state index in [0.29, 0.717) is 30.9 Å². The van der Waals surface area contributed by atoms with Gasteiger partial charge in [-0.15, -0.1) is 0 Å². The molecule has 4 rings (SSSR count). The van der Waals surface area contributed by atoms with Crippen molar-refractivity contribution >= 4 is 5.91 Å². The molecule has 2 aromatic heterocycles. The highest BCUT2D eigenvalue weighted by Gasteiger charge is 2.18. The first-order chi connectivity index (χ1) is 16.2. The molecule has 0 bridgehead atoms. The van der Waals surface area contributed by atoms with Crippen LogP contribution in [0.1, 0.15) is 17.7 Å². The first-order valence-electron chi connectivity index (χ1n) is 10.7. The number of aromatic nitrogens is 3. The van der Waals surface area contributed by atoms with E-state index in [9.17, 15) is 4.79 Å². The van der Waals surface area contributed by atoms with E-state index in [-0.39, 0.29) is 5.91 Å². The molecule has 1 N–H and O–H groups in total. The van der Waals surface area contributed by atoms with Gasteiger partial charge in [0.2, 0.25) is 5.91 Å². The lowest BCUT2D eigenvalue weighted by atomic mass is 10.0. The standard InChI is InChI=1S/C26H26N4O3/c1-32-22-12-13-24(33-2)23(16-22)26-19(18-30(29-26)21-9-4-3-5-10-21)11-14-25(31)28-17-20-8-6-7-15-27-20/h3-10,12-13,15-16,18H,11,14,17H2,1-2H3,(H,28,31). The van der Waals surface area contributed by atoms with Gasteiger partial charge in [0.1, 0.15) is 11.5 Å². The van der Waals surface area contributed by atoms with Crippen molar-refractivity contribution in [3.05, 3.63) is 90.4 Å². The highest BCUT2D eigenvalue weighted by Crippen LogP contribution is 2.35. The number of carbonyl (C=O) groups is 1. The van der Waals surface area contributed by atoms with Crippen LogP contribution in [-0.2, 0) is 17.8 Å². The van der Waals surface area contributed by atoms with Crippen LogP contribution in [0.25, 0.3) is 16.9 Å². The molecule has 1 amide bonds. The lowest BCUT2D eigenvalue weighted by Crippen LogP contribution is -2.23. The molecule has 0 unspecified atom stereocenters. The summed E-state index contributed by atoms with van der Waals surface area (Å²) in [7, 11) is 3.26. The number of aryl methyl sites for hydroxylation is 1. The van der Waals surface area contributed by atoms with E-state index in [1.807, 2.05) is 77.6 Å². The Morgan fingerprint density at radius 2 is 1.82 bits per heavy atom. The third kappa shape index (κ3) is 5.38. The number of ether oxygens (including phenoxy) is 2. The largest absolute Gasteiger partial charge is 0.497 e. The second kappa shape index (κ2) is 10.5. The minimum absolute atomic E-state index is 0.0447. The number of hydrogen-bond acceptors (Lipinski definition) is 5. The Morgan fingerprint density at radius 1 is 1.00 bits per heavy atom. The Bertz CT molecular complexity index is 1210. The minimum atomic E-state index is -0.0447. The van der Waals surface area contributed by atoms with E-state index in [1.54, 1.807) is 20.4 Å². The molecule has 0 saturated carbocycles. The molecular weight excluding hydrogens is 416 g/mol. The number of benzene rings is 2. The van der Waals surface area contributed by atoms with Gasteiger partial charge in [-0.05, 0) is 54.4 Å². The summed E-state index contributed by atoms with van der Waals surface area (Å²) < 4.78 is 12.8. The zero-order valence-corrected chi connectivity index (χ0v) is 18.7. The van der Waals surface area contributed by atoms with Gasteiger partial charge in [0.25, 0.3) is 0 Å². The Balaban J connectivity index is 1.60. The van der Waals surface area contributed by atoms with Gasteiger partial charge in [0.15, 0.2) is 0 Å². The smallest absolute Gasteiger partial charge is 0.220 e. The summed E-state index contributed by atoms with van der Waals surface area (Å²) in [6.07, 6.45) is 4.53. The topological polar surface area (TPSA) is 78.3 Å². The molecule has 2 heterocycles. The summed E-state index contributed by atoms with van der Waals surface area (Å²) in [5.41, 5.74) is 4.27. The molecular formula is C26H26N4O3. The molecule has 0 aliphatic heterocycles. The van der Waals surface area contributed by atoms with E-state index in [4.69, 9.17) is 14.6 Å². The molecule has 33 heavy (non-hydrogen) atoms. The lowest BCUT2D eigenvalue weighted by Gasteiger charge is -2.10. The third-order valence-electron chi connectivity index (χ3n) is 5.29. The summed E-state index contributed by atoms with van der Waals surface area (Å²) in [6.45, 7) is 0.402. The first kappa shape index (κ1) is 22.1. The molecule has 0 aliphatic rings. The molecule has 2 aromatic carbocycles. The zero-order chi connectivity index (χ0) is 23.0. The van der Waals surface area contributed by atoms with Crippen molar-refractivity contribution in [3.8, 4) is 28.4 Å². The lowest BCUT2D eigenvalue weighted by molar-refractivity contribution is -0.121. The molecule has 7 nitrogen and oxygen atoms in total. The Morgan fingerprint density at radius 3 is 2.55 bits per heavy atom. The highest BCUT2D eigenvalue weighted by atomic mass is 16.5. The Kier molecular flexibility index (Phi) is 6.99. The predicted molar refractivity (Wildman–Crippen MR) is 127 cm³/mol. The van der Waals surface area contributed by atoms with E-state index in [0.717, 1.165) is 28.2 Å². The second-order valence-electron chi connectivity index (χ2n) is 7.45.